The first kappa shape index (κ1) is 16.3. The number of benzene rings is 1. The molecule has 0 aromatic heterocycles. The zero-order valence-corrected chi connectivity index (χ0v) is 11.9. The van der Waals surface area contributed by atoms with Crippen LogP contribution in [0.1, 0.15) is 6.42 Å². The van der Waals surface area contributed by atoms with Gasteiger partial charge in [0.1, 0.15) is 4.90 Å². The van der Waals surface area contributed by atoms with Crippen molar-refractivity contribution in [2.75, 3.05) is 20.1 Å². The molecule has 1 saturated heterocycles. The molecule has 1 heterocycles. The van der Waals surface area contributed by atoms with Crippen molar-refractivity contribution >= 4 is 22.4 Å². The molecular weight excluding hydrogens is 298 g/mol. The molecule has 108 valence electrons. The topological polar surface area (TPSA) is 49.4 Å². The van der Waals surface area contributed by atoms with Gasteiger partial charge in [-0.3, -0.25) is 0 Å². The van der Waals surface area contributed by atoms with Gasteiger partial charge in [0, 0.05) is 19.6 Å². The molecule has 0 spiro atoms. The SMILES string of the molecule is CN(C1CCNC1)S(=O)(=O)c1cccc(F)c1F.Cl. The van der Waals surface area contributed by atoms with Crippen molar-refractivity contribution in [2.45, 2.75) is 17.4 Å². The molecule has 0 aliphatic carbocycles. The van der Waals surface area contributed by atoms with Gasteiger partial charge in [0.15, 0.2) is 11.6 Å². The summed E-state index contributed by atoms with van der Waals surface area (Å²) in [5, 5.41) is 3.03. The van der Waals surface area contributed by atoms with Crippen LogP contribution in [0.25, 0.3) is 0 Å². The molecule has 1 aromatic rings. The van der Waals surface area contributed by atoms with Crippen molar-refractivity contribution in [1.29, 1.82) is 0 Å². The summed E-state index contributed by atoms with van der Waals surface area (Å²) >= 11 is 0. The van der Waals surface area contributed by atoms with Crippen LogP contribution >= 0.6 is 12.4 Å². The highest BCUT2D eigenvalue weighted by Crippen LogP contribution is 2.23. The second-order valence-electron chi connectivity index (χ2n) is 4.22. The van der Waals surface area contributed by atoms with E-state index >= 15 is 0 Å². The third kappa shape index (κ3) is 3.05. The lowest BCUT2D eigenvalue weighted by molar-refractivity contribution is 0.383. The second kappa shape index (κ2) is 6.13. The van der Waals surface area contributed by atoms with Gasteiger partial charge in [0.05, 0.1) is 0 Å². The summed E-state index contributed by atoms with van der Waals surface area (Å²) in [7, 11) is -2.61. The number of nitrogens with zero attached hydrogens (tertiary/aromatic N) is 1. The third-order valence-electron chi connectivity index (χ3n) is 3.12. The van der Waals surface area contributed by atoms with Gasteiger partial charge < -0.3 is 5.32 Å². The number of rotatable bonds is 3. The number of sulfonamides is 1. The Morgan fingerprint density at radius 1 is 1.37 bits per heavy atom. The van der Waals surface area contributed by atoms with Crippen LogP contribution in [-0.2, 0) is 10.0 Å². The summed E-state index contributed by atoms with van der Waals surface area (Å²) in [6.07, 6.45) is 0.659. The van der Waals surface area contributed by atoms with Crippen LogP contribution in [0.15, 0.2) is 23.1 Å². The number of nitrogens with one attached hydrogen (secondary N) is 1. The van der Waals surface area contributed by atoms with E-state index in [4.69, 9.17) is 0 Å². The van der Waals surface area contributed by atoms with Gasteiger partial charge in [-0.2, -0.15) is 4.31 Å². The normalized spacial score (nSPS) is 19.5. The quantitative estimate of drug-likeness (QED) is 0.917. The highest BCUT2D eigenvalue weighted by atomic mass is 35.5. The first-order valence-electron chi connectivity index (χ1n) is 5.57. The molecule has 0 saturated carbocycles. The van der Waals surface area contributed by atoms with Gasteiger partial charge in [0.2, 0.25) is 10.0 Å². The molecule has 4 nitrogen and oxygen atoms in total. The van der Waals surface area contributed by atoms with E-state index in [1.807, 2.05) is 0 Å². The summed E-state index contributed by atoms with van der Waals surface area (Å²) in [6.45, 7) is 1.24. The summed E-state index contributed by atoms with van der Waals surface area (Å²) < 4.78 is 52.1. The van der Waals surface area contributed by atoms with Crippen LogP contribution in [0, 0.1) is 11.6 Å². The van der Waals surface area contributed by atoms with Crippen molar-refractivity contribution in [1.82, 2.24) is 9.62 Å². The Morgan fingerprint density at radius 2 is 2.05 bits per heavy atom. The molecule has 2 rings (SSSR count). The molecular formula is C11H15ClF2N2O2S. The van der Waals surface area contributed by atoms with E-state index in [9.17, 15) is 17.2 Å². The fourth-order valence-electron chi connectivity index (χ4n) is 1.98. The van der Waals surface area contributed by atoms with E-state index in [-0.39, 0.29) is 18.4 Å². The van der Waals surface area contributed by atoms with Crippen molar-refractivity contribution in [2.24, 2.45) is 0 Å². The summed E-state index contributed by atoms with van der Waals surface area (Å²) in [5.41, 5.74) is 0. The lowest BCUT2D eigenvalue weighted by atomic mass is 10.3. The van der Waals surface area contributed by atoms with E-state index in [0.29, 0.717) is 13.0 Å². The lowest BCUT2D eigenvalue weighted by Crippen LogP contribution is -2.38. The smallest absolute Gasteiger partial charge is 0.246 e. The van der Waals surface area contributed by atoms with Crippen LogP contribution in [0.3, 0.4) is 0 Å². The summed E-state index contributed by atoms with van der Waals surface area (Å²) in [4.78, 5) is -0.614. The monoisotopic (exact) mass is 312 g/mol. The molecule has 19 heavy (non-hydrogen) atoms. The standard InChI is InChI=1S/C11H14F2N2O2S.ClH/c1-15(8-5-6-14-7-8)18(16,17)10-4-2-3-9(12)11(10)13;/h2-4,8,14H,5-7H2,1H3;1H. The highest BCUT2D eigenvalue weighted by Gasteiger charge is 2.32. The molecule has 1 aliphatic heterocycles. The Balaban J connectivity index is 0.00000180. The number of hydrogen-bond acceptors (Lipinski definition) is 3. The minimum absolute atomic E-state index is 0. The fraction of sp³-hybridized carbons (Fsp3) is 0.455. The van der Waals surface area contributed by atoms with Crippen LogP contribution in [0.5, 0.6) is 0 Å². The van der Waals surface area contributed by atoms with Gasteiger partial charge in [-0.25, -0.2) is 17.2 Å². The molecule has 1 atom stereocenters. The molecule has 0 amide bonds. The summed E-state index contributed by atoms with van der Waals surface area (Å²) in [5.74, 6) is -2.48. The molecule has 1 fully saturated rings. The molecule has 0 radical (unpaired) electrons. The van der Waals surface area contributed by atoms with Gasteiger partial charge in [-0.15, -0.1) is 12.4 Å². The van der Waals surface area contributed by atoms with Crippen molar-refractivity contribution in [3.05, 3.63) is 29.8 Å². The first-order chi connectivity index (χ1) is 8.44. The molecule has 1 unspecified atom stereocenters. The van der Waals surface area contributed by atoms with E-state index in [2.05, 4.69) is 5.32 Å². The zero-order valence-electron chi connectivity index (χ0n) is 10.3. The predicted octanol–water partition coefficient (Wildman–Crippen LogP) is 1.37. The molecule has 8 heteroatoms. The third-order valence-corrected chi connectivity index (χ3v) is 5.05. The van der Waals surface area contributed by atoms with Crippen LogP contribution in [0.2, 0.25) is 0 Å². The minimum Gasteiger partial charge on any atom is -0.315 e. The first-order valence-corrected chi connectivity index (χ1v) is 7.01. The average Bonchev–Trinajstić information content (AvgIpc) is 2.85. The largest absolute Gasteiger partial charge is 0.315 e. The van der Waals surface area contributed by atoms with Crippen molar-refractivity contribution < 1.29 is 17.2 Å². The second-order valence-corrected chi connectivity index (χ2v) is 6.19. The molecule has 1 aliphatic rings. The van der Waals surface area contributed by atoms with E-state index in [1.165, 1.54) is 13.1 Å². The Kier molecular flexibility index (Phi) is 5.26. The number of likely N-dealkylation sites (N-methyl/N-ethyl adjacent to an activating group) is 1. The van der Waals surface area contributed by atoms with E-state index in [0.717, 1.165) is 23.0 Å². The van der Waals surface area contributed by atoms with E-state index < -0.39 is 26.6 Å². The Hall–Kier alpha value is -0.760. The van der Waals surface area contributed by atoms with Crippen LogP contribution < -0.4 is 5.32 Å². The average molecular weight is 313 g/mol. The fourth-order valence-corrected chi connectivity index (χ4v) is 3.44. The van der Waals surface area contributed by atoms with Crippen molar-refractivity contribution in [3.63, 3.8) is 0 Å². The predicted molar refractivity (Wildman–Crippen MR) is 69.8 cm³/mol. The number of hydrogen-bond donors (Lipinski definition) is 1. The highest BCUT2D eigenvalue weighted by molar-refractivity contribution is 7.89. The van der Waals surface area contributed by atoms with Gasteiger partial charge in [-0.05, 0) is 25.1 Å². The van der Waals surface area contributed by atoms with Gasteiger partial charge >= 0.3 is 0 Å². The van der Waals surface area contributed by atoms with Crippen LogP contribution in [-0.4, -0.2) is 38.9 Å². The van der Waals surface area contributed by atoms with Gasteiger partial charge in [0.25, 0.3) is 0 Å². The Morgan fingerprint density at radius 3 is 2.63 bits per heavy atom. The van der Waals surface area contributed by atoms with E-state index in [1.54, 1.807) is 0 Å². The summed E-state index contributed by atoms with van der Waals surface area (Å²) in [6, 6.07) is 2.93. The maximum atomic E-state index is 13.5. The minimum atomic E-state index is -4.00. The number of halogens is 3. The molecule has 0 bridgehead atoms. The zero-order chi connectivity index (χ0) is 13.3. The maximum absolute atomic E-state index is 13.5. The Bertz CT molecular complexity index is 548. The van der Waals surface area contributed by atoms with Gasteiger partial charge in [-0.1, -0.05) is 6.07 Å². The van der Waals surface area contributed by atoms with Crippen molar-refractivity contribution in [3.8, 4) is 0 Å². The van der Waals surface area contributed by atoms with Crippen LogP contribution in [0.4, 0.5) is 8.78 Å². The maximum Gasteiger partial charge on any atom is 0.246 e. The molecule has 1 aromatic carbocycles. The lowest BCUT2D eigenvalue weighted by Gasteiger charge is -2.23. The Labute approximate surface area is 117 Å². The molecule has 1 N–H and O–H groups in total.